The highest BCUT2D eigenvalue weighted by atomic mass is 16.5. The summed E-state index contributed by atoms with van der Waals surface area (Å²) < 4.78 is 5.31. The van der Waals surface area contributed by atoms with Crippen LogP contribution in [0.15, 0.2) is 18.2 Å². The Labute approximate surface area is 132 Å². The van der Waals surface area contributed by atoms with Gasteiger partial charge >= 0.3 is 0 Å². The molecule has 1 amide bonds. The van der Waals surface area contributed by atoms with Crippen molar-refractivity contribution < 1.29 is 9.53 Å². The van der Waals surface area contributed by atoms with Gasteiger partial charge in [-0.3, -0.25) is 9.69 Å². The van der Waals surface area contributed by atoms with Gasteiger partial charge in [0.1, 0.15) is 0 Å². The van der Waals surface area contributed by atoms with E-state index in [0.29, 0.717) is 6.54 Å². The maximum Gasteiger partial charge on any atom is 0.234 e. The topological polar surface area (TPSA) is 41.6 Å². The Balaban J connectivity index is 1.56. The quantitative estimate of drug-likeness (QED) is 0.926. The lowest BCUT2D eigenvalue weighted by Crippen LogP contribution is -2.43. The van der Waals surface area contributed by atoms with Crippen LogP contribution in [0.4, 0.5) is 0 Å². The average molecular weight is 302 g/mol. The molecule has 2 aliphatic rings. The molecule has 1 atom stereocenters. The number of aryl methyl sites for hydroxylation is 2. The van der Waals surface area contributed by atoms with Crippen molar-refractivity contribution in [2.75, 3.05) is 32.8 Å². The second-order valence-corrected chi connectivity index (χ2v) is 6.41. The molecule has 0 unspecified atom stereocenters. The summed E-state index contributed by atoms with van der Waals surface area (Å²) in [5.74, 6) is 0.104. The minimum Gasteiger partial charge on any atom is -0.379 e. The summed E-state index contributed by atoms with van der Waals surface area (Å²) in [6, 6.07) is 6.77. The van der Waals surface area contributed by atoms with Gasteiger partial charge in [-0.2, -0.15) is 0 Å². The normalized spacial score (nSPS) is 20.2. The van der Waals surface area contributed by atoms with Gasteiger partial charge in [0.05, 0.1) is 25.8 Å². The highest BCUT2D eigenvalue weighted by molar-refractivity contribution is 5.78. The summed E-state index contributed by atoms with van der Waals surface area (Å²) in [7, 11) is 0. The molecule has 1 aliphatic carbocycles. The maximum atomic E-state index is 12.2. The minimum absolute atomic E-state index is 0.0702. The van der Waals surface area contributed by atoms with E-state index < -0.39 is 0 Å². The zero-order valence-corrected chi connectivity index (χ0v) is 13.4. The smallest absolute Gasteiger partial charge is 0.234 e. The van der Waals surface area contributed by atoms with E-state index in [-0.39, 0.29) is 11.9 Å². The number of nitrogens with one attached hydrogen (secondary N) is 1. The van der Waals surface area contributed by atoms with Crippen molar-refractivity contribution in [2.24, 2.45) is 0 Å². The van der Waals surface area contributed by atoms with Crippen molar-refractivity contribution in [3.63, 3.8) is 0 Å². The maximum absolute atomic E-state index is 12.2. The Morgan fingerprint density at radius 1 is 1.23 bits per heavy atom. The van der Waals surface area contributed by atoms with Gasteiger partial charge in [-0.15, -0.1) is 0 Å². The van der Waals surface area contributed by atoms with Crippen LogP contribution in [0, 0.1) is 0 Å². The van der Waals surface area contributed by atoms with Crippen molar-refractivity contribution >= 4 is 5.91 Å². The molecule has 120 valence electrons. The molecule has 1 saturated heterocycles. The number of rotatable bonds is 4. The molecule has 0 aromatic heterocycles. The zero-order chi connectivity index (χ0) is 15.4. The van der Waals surface area contributed by atoms with E-state index in [1.807, 2.05) is 0 Å². The molecule has 0 spiro atoms. The lowest BCUT2D eigenvalue weighted by atomic mass is 9.89. The van der Waals surface area contributed by atoms with Gasteiger partial charge in [0, 0.05) is 13.1 Å². The van der Waals surface area contributed by atoms with Gasteiger partial charge in [-0.05, 0) is 49.3 Å². The van der Waals surface area contributed by atoms with Gasteiger partial charge in [-0.1, -0.05) is 18.2 Å². The summed E-state index contributed by atoms with van der Waals surface area (Å²) in [5.41, 5.74) is 4.18. The lowest BCUT2D eigenvalue weighted by Gasteiger charge is -2.26. The molecule has 1 aromatic rings. The Bertz CT molecular complexity index is 524. The van der Waals surface area contributed by atoms with Crippen LogP contribution >= 0.6 is 0 Å². The van der Waals surface area contributed by atoms with E-state index in [2.05, 4.69) is 35.3 Å². The first-order valence-electron chi connectivity index (χ1n) is 8.43. The van der Waals surface area contributed by atoms with Gasteiger partial charge in [0.2, 0.25) is 5.91 Å². The first kappa shape index (κ1) is 15.5. The Hall–Kier alpha value is -1.39. The second-order valence-electron chi connectivity index (χ2n) is 6.41. The number of carbonyl (C=O) groups excluding carboxylic acids is 1. The van der Waals surface area contributed by atoms with Crippen LogP contribution < -0.4 is 5.32 Å². The summed E-state index contributed by atoms with van der Waals surface area (Å²) in [4.78, 5) is 14.3. The molecule has 1 aliphatic heterocycles. The van der Waals surface area contributed by atoms with Crippen molar-refractivity contribution in [1.29, 1.82) is 0 Å². The predicted octanol–water partition coefficient (Wildman–Crippen LogP) is 2.07. The van der Waals surface area contributed by atoms with Crippen LogP contribution in [-0.4, -0.2) is 43.7 Å². The number of ether oxygens (including phenoxy) is 1. The van der Waals surface area contributed by atoms with Crippen molar-refractivity contribution in [1.82, 2.24) is 10.2 Å². The van der Waals surface area contributed by atoms with E-state index in [1.54, 1.807) is 0 Å². The third-order valence-electron chi connectivity index (χ3n) is 4.72. The van der Waals surface area contributed by atoms with Gasteiger partial charge in [0.25, 0.3) is 0 Å². The van der Waals surface area contributed by atoms with Gasteiger partial charge in [0.15, 0.2) is 0 Å². The molecule has 4 nitrogen and oxygen atoms in total. The molecular weight excluding hydrogens is 276 g/mol. The van der Waals surface area contributed by atoms with Crippen molar-refractivity contribution in [2.45, 2.75) is 38.6 Å². The van der Waals surface area contributed by atoms with Crippen LogP contribution in [-0.2, 0) is 22.4 Å². The van der Waals surface area contributed by atoms with E-state index in [9.17, 15) is 4.79 Å². The molecule has 0 radical (unpaired) electrons. The number of fused-ring (bicyclic) bond motifs is 1. The van der Waals surface area contributed by atoms with E-state index >= 15 is 0 Å². The Morgan fingerprint density at radius 3 is 2.73 bits per heavy atom. The molecule has 4 heteroatoms. The molecule has 1 N–H and O–H groups in total. The minimum atomic E-state index is 0.0702. The number of hydrogen-bond acceptors (Lipinski definition) is 3. The standard InChI is InChI=1S/C18H26N2O2/c1-14(19-18(21)13-20-8-10-22-11-9-20)16-7-6-15-4-2-3-5-17(15)12-16/h6-7,12,14H,2-5,8-11,13H2,1H3,(H,19,21)/t14-/m1/s1. The lowest BCUT2D eigenvalue weighted by molar-refractivity contribution is -0.123. The fourth-order valence-electron chi connectivity index (χ4n) is 3.36. The number of hydrogen-bond donors (Lipinski definition) is 1. The SMILES string of the molecule is C[C@@H](NC(=O)CN1CCOCC1)c1ccc2c(c1)CCCC2. The molecule has 1 heterocycles. The second kappa shape index (κ2) is 7.25. The summed E-state index contributed by atoms with van der Waals surface area (Å²) >= 11 is 0. The van der Waals surface area contributed by atoms with Crippen LogP contribution in [0.3, 0.4) is 0 Å². The number of nitrogens with zero attached hydrogens (tertiary/aromatic N) is 1. The molecule has 1 aromatic carbocycles. The van der Waals surface area contributed by atoms with E-state index in [4.69, 9.17) is 4.74 Å². The van der Waals surface area contributed by atoms with Crippen LogP contribution in [0.5, 0.6) is 0 Å². The van der Waals surface area contributed by atoms with Crippen molar-refractivity contribution in [3.05, 3.63) is 34.9 Å². The van der Waals surface area contributed by atoms with Crippen LogP contribution in [0.1, 0.15) is 42.5 Å². The first-order valence-corrected chi connectivity index (χ1v) is 8.43. The van der Waals surface area contributed by atoms with E-state index in [1.165, 1.54) is 42.4 Å². The molecular formula is C18H26N2O2. The largest absolute Gasteiger partial charge is 0.379 e. The highest BCUT2D eigenvalue weighted by Crippen LogP contribution is 2.24. The summed E-state index contributed by atoms with van der Waals surface area (Å²) in [5, 5.41) is 3.13. The third kappa shape index (κ3) is 3.87. The van der Waals surface area contributed by atoms with Gasteiger partial charge < -0.3 is 10.1 Å². The molecule has 1 fully saturated rings. The number of carbonyl (C=O) groups is 1. The van der Waals surface area contributed by atoms with Crippen LogP contribution in [0.25, 0.3) is 0 Å². The van der Waals surface area contributed by atoms with Crippen molar-refractivity contribution in [3.8, 4) is 0 Å². The number of morpholine rings is 1. The summed E-state index contributed by atoms with van der Waals surface area (Å²) in [6.07, 6.45) is 4.97. The molecule has 3 rings (SSSR count). The number of amides is 1. The van der Waals surface area contributed by atoms with Gasteiger partial charge in [-0.25, -0.2) is 0 Å². The number of benzene rings is 1. The highest BCUT2D eigenvalue weighted by Gasteiger charge is 2.17. The fourth-order valence-corrected chi connectivity index (χ4v) is 3.36. The monoisotopic (exact) mass is 302 g/mol. The van der Waals surface area contributed by atoms with Crippen LogP contribution in [0.2, 0.25) is 0 Å². The predicted molar refractivity (Wildman–Crippen MR) is 86.9 cm³/mol. The molecule has 0 bridgehead atoms. The molecule has 22 heavy (non-hydrogen) atoms. The molecule has 0 saturated carbocycles. The Morgan fingerprint density at radius 2 is 1.95 bits per heavy atom. The first-order chi connectivity index (χ1) is 10.7. The summed E-state index contributed by atoms with van der Waals surface area (Å²) in [6.45, 7) is 5.70. The fraction of sp³-hybridized carbons (Fsp3) is 0.611. The van der Waals surface area contributed by atoms with E-state index in [0.717, 1.165) is 26.3 Å². The zero-order valence-electron chi connectivity index (χ0n) is 13.4. The average Bonchev–Trinajstić information content (AvgIpc) is 2.55. The Kier molecular flexibility index (Phi) is 5.11. The third-order valence-corrected chi connectivity index (χ3v) is 4.72.